The largest absolute Gasteiger partial charge is 0.483 e. The summed E-state index contributed by atoms with van der Waals surface area (Å²) >= 11 is 3.53. The topological polar surface area (TPSA) is 58.6 Å². The molecule has 0 unspecified atom stereocenters. The molecule has 6 heteroatoms. The van der Waals surface area contributed by atoms with Crippen LogP contribution < -0.4 is 10.1 Å². The Labute approximate surface area is 210 Å². The van der Waals surface area contributed by atoms with Crippen LogP contribution in [0.25, 0.3) is 0 Å². The molecule has 3 aromatic carbocycles. The van der Waals surface area contributed by atoms with E-state index in [9.17, 15) is 9.59 Å². The number of hydrogen-bond acceptors (Lipinski definition) is 3. The lowest BCUT2D eigenvalue weighted by Gasteiger charge is -2.31. The number of likely N-dealkylation sites (N-methyl/N-ethyl adjacent to an activating group) is 1. The lowest BCUT2D eigenvalue weighted by molar-refractivity contribution is -0.142. The van der Waals surface area contributed by atoms with Gasteiger partial charge in [0, 0.05) is 20.0 Å². The van der Waals surface area contributed by atoms with Crippen LogP contribution >= 0.6 is 15.9 Å². The molecule has 0 aliphatic heterocycles. The highest BCUT2D eigenvalue weighted by molar-refractivity contribution is 9.10. The lowest BCUT2D eigenvalue weighted by atomic mass is 10.0. The summed E-state index contributed by atoms with van der Waals surface area (Å²) in [6, 6.07) is 22.8. The van der Waals surface area contributed by atoms with Crippen molar-refractivity contribution in [1.29, 1.82) is 0 Å². The highest BCUT2D eigenvalue weighted by Gasteiger charge is 2.30. The van der Waals surface area contributed by atoms with Crippen LogP contribution in [-0.4, -0.2) is 36.4 Å². The average molecular weight is 523 g/mol. The Kier molecular flexibility index (Phi) is 9.28. The zero-order valence-corrected chi connectivity index (χ0v) is 21.5. The van der Waals surface area contributed by atoms with E-state index < -0.39 is 6.04 Å². The molecule has 1 N–H and O–H groups in total. The summed E-state index contributed by atoms with van der Waals surface area (Å²) < 4.78 is 6.69. The molecule has 0 aromatic heterocycles. The van der Waals surface area contributed by atoms with Crippen molar-refractivity contribution >= 4 is 27.7 Å². The molecule has 0 aliphatic carbocycles. The normalized spacial score (nSPS) is 11.5. The van der Waals surface area contributed by atoms with E-state index in [1.165, 1.54) is 5.56 Å². The van der Waals surface area contributed by atoms with E-state index in [2.05, 4.69) is 28.2 Å². The van der Waals surface area contributed by atoms with E-state index in [-0.39, 0.29) is 18.4 Å². The van der Waals surface area contributed by atoms with E-state index in [1.54, 1.807) is 11.9 Å². The van der Waals surface area contributed by atoms with E-state index in [0.717, 1.165) is 27.6 Å². The number of nitrogens with zero attached hydrogens (tertiary/aromatic N) is 1. The van der Waals surface area contributed by atoms with Crippen molar-refractivity contribution in [1.82, 2.24) is 10.2 Å². The Morgan fingerprint density at radius 2 is 1.71 bits per heavy atom. The predicted octanol–water partition coefficient (Wildman–Crippen LogP) is 5.08. The van der Waals surface area contributed by atoms with Gasteiger partial charge in [-0.15, -0.1) is 0 Å². The molecule has 2 amide bonds. The molecule has 0 saturated carbocycles. The molecule has 3 aromatic rings. The van der Waals surface area contributed by atoms with E-state index in [0.29, 0.717) is 18.7 Å². The van der Waals surface area contributed by atoms with Crippen LogP contribution in [0.2, 0.25) is 0 Å². The van der Waals surface area contributed by atoms with Crippen LogP contribution in [0.15, 0.2) is 77.3 Å². The number of halogens is 1. The van der Waals surface area contributed by atoms with Crippen LogP contribution in [0.3, 0.4) is 0 Å². The number of hydrogen-bond donors (Lipinski definition) is 1. The van der Waals surface area contributed by atoms with Crippen molar-refractivity contribution in [3.63, 3.8) is 0 Å². The molecule has 178 valence electrons. The molecule has 0 radical (unpaired) electrons. The first-order valence-corrected chi connectivity index (χ1v) is 12.2. The summed E-state index contributed by atoms with van der Waals surface area (Å²) in [4.78, 5) is 28.1. The number of carbonyl (C=O) groups excluding carboxylic acids is 2. The summed E-state index contributed by atoms with van der Waals surface area (Å²) in [7, 11) is 1.60. The fraction of sp³-hybridized carbons (Fsp3) is 0.286. The molecule has 0 bridgehead atoms. The van der Waals surface area contributed by atoms with Gasteiger partial charge >= 0.3 is 0 Å². The Morgan fingerprint density at radius 3 is 2.35 bits per heavy atom. The third-order valence-electron chi connectivity index (χ3n) is 5.88. The second kappa shape index (κ2) is 12.4. The monoisotopic (exact) mass is 522 g/mol. The zero-order valence-electron chi connectivity index (χ0n) is 19.9. The average Bonchev–Trinajstić information content (AvgIpc) is 2.86. The van der Waals surface area contributed by atoms with E-state index in [1.807, 2.05) is 79.7 Å². The molecular weight excluding hydrogens is 492 g/mol. The van der Waals surface area contributed by atoms with Gasteiger partial charge in [0.25, 0.3) is 5.91 Å². The van der Waals surface area contributed by atoms with Gasteiger partial charge in [0.1, 0.15) is 11.8 Å². The third kappa shape index (κ3) is 6.70. The van der Waals surface area contributed by atoms with E-state index in [4.69, 9.17) is 4.74 Å². The molecule has 0 saturated heterocycles. The van der Waals surface area contributed by atoms with Gasteiger partial charge < -0.3 is 15.0 Å². The maximum atomic E-state index is 13.5. The quantitative estimate of drug-likeness (QED) is 0.403. The van der Waals surface area contributed by atoms with Gasteiger partial charge in [-0.25, -0.2) is 0 Å². The van der Waals surface area contributed by atoms with Crippen molar-refractivity contribution in [2.75, 3.05) is 13.7 Å². The smallest absolute Gasteiger partial charge is 0.261 e. The van der Waals surface area contributed by atoms with Gasteiger partial charge in [-0.1, -0.05) is 67.6 Å². The maximum absolute atomic E-state index is 13.5. The Bertz CT molecular complexity index is 1120. The molecular formula is C28H31BrN2O3. The van der Waals surface area contributed by atoms with Gasteiger partial charge in [0.15, 0.2) is 6.61 Å². The van der Waals surface area contributed by atoms with Crippen LogP contribution in [-0.2, 0) is 29.0 Å². The summed E-state index contributed by atoms with van der Waals surface area (Å²) in [6.07, 6.45) is 1.32. The molecule has 0 aliphatic rings. The summed E-state index contributed by atoms with van der Waals surface area (Å²) in [5, 5.41) is 2.74. The van der Waals surface area contributed by atoms with Crippen LogP contribution in [0.5, 0.6) is 5.75 Å². The molecule has 5 nitrogen and oxygen atoms in total. The fourth-order valence-electron chi connectivity index (χ4n) is 3.80. The molecule has 34 heavy (non-hydrogen) atoms. The number of aryl methyl sites for hydroxylation is 2. The van der Waals surface area contributed by atoms with Gasteiger partial charge in [0.05, 0.1) is 4.47 Å². The number of nitrogens with one attached hydrogen (secondary N) is 1. The fourth-order valence-corrected chi connectivity index (χ4v) is 4.34. The number of carbonyl (C=O) groups is 2. The first-order chi connectivity index (χ1) is 16.4. The van der Waals surface area contributed by atoms with Gasteiger partial charge in [-0.05, 0) is 63.7 Å². The van der Waals surface area contributed by atoms with Crippen molar-refractivity contribution in [2.45, 2.75) is 39.3 Å². The minimum atomic E-state index is -0.672. The Hall–Kier alpha value is -3.12. The first-order valence-electron chi connectivity index (χ1n) is 11.4. The Balaban J connectivity index is 1.88. The minimum absolute atomic E-state index is 0.168. The van der Waals surface area contributed by atoms with Crippen molar-refractivity contribution in [3.05, 3.63) is 99.5 Å². The summed E-state index contributed by atoms with van der Waals surface area (Å²) in [5.74, 6) is 0.138. The number of rotatable bonds is 10. The second-order valence-corrected chi connectivity index (χ2v) is 9.03. The van der Waals surface area contributed by atoms with Crippen LogP contribution in [0.1, 0.15) is 29.2 Å². The summed E-state index contributed by atoms with van der Waals surface area (Å²) in [5.41, 5.74) is 4.22. The highest BCUT2D eigenvalue weighted by atomic mass is 79.9. The standard InChI is InChI=1S/C28H31BrN2O3/c1-4-21-14-15-26(24(29)16-21)34-19-27(32)31(18-23-13-9-8-10-20(23)2)25(28(33)30-3)17-22-11-6-5-7-12-22/h5-16,25H,4,17-19H2,1-3H3,(H,30,33)/t25-/m1/s1. The first kappa shape index (κ1) is 25.5. The molecule has 0 spiro atoms. The van der Waals surface area contributed by atoms with Crippen molar-refractivity contribution in [3.8, 4) is 5.75 Å². The predicted molar refractivity (Wildman–Crippen MR) is 139 cm³/mol. The summed E-state index contributed by atoms with van der Waals surface area (Å²) in [6.45, 7) is 4.24. The Morgan fingerprint density at radius 1 is 1.00 bits per heavy atom. The van der Waals surface area contributed by atoms with Gasteiger partial charge in [-0.2, -0.15) is 0 Å². The minimum Gasteiger partial charge on any atom is -0.483 e. The van der Waals surface area contributed by atoms with Gasteiger partial charge in [-0.3, -0.25) is 9.59 Å². The SMILES string of the molecule is CCc1ccc(OCC(=O)N(Cc2ccccc2C)[C@H](Cc2ccccc2)C(=O)NC)c(Br)c1. The zero-order chi connectivity index (χ0) is 24.5. The van der Waals surface area contributed by atoms with Crippen molar-refractivity contribution < 1.29 is 14.3 Å². The van der Waals surface area contributed by atoms with Crippen molar-refractivity contribution in [2.24, 2.45) is 0 Å². The number of ether oxygens (including phenoxy) is 1. The molecule has 1 atom stereocenters. The van der Waals surface area contributed by atoms with Gasteiger partial charge in [0.2, 0.25) is 5.91 Å². The number of amides is 2. The second-order valence-electron chi connectivity index (χ2n) is 8.17. The van der Waals surface area contributed by atoms with Crippen LogP contribution in [0.4, 0.5) is 0 Å². The molecule has 0 heterocycles. The molecule has 3 rings (SSSR count). The lowest BCUT2D eigenvalue weighted by Crippen LogP contribution is -2.51. The molecule has 0 fully saturated rings. The van der Waals surface area contributed by atoms with Crippen LogP contribution in [0, 0.1) is 6.92 Å². The number of benzene rings is 3. The highest BCUT2D eigenvalue weighted by Crippen LogP contribution is 2.26. The van der Waals surface area contributed by atoms with E-state index >= 15 is 0 Å². The third-order valence-corrected chi connectivity index (χ3v) is 6.49. The maximum Gasteiger partial charge on any atom is 0.261 e.